The van der Waals surface area contributed by atoms with Gasteiger partial charge in [0.15, 0.2) is 12.1 Å². The maximum absolute atomic E-state index is 5.98. The van der Waals surface area contributed by atoms with E-state index in [0.717, 1.165) is 27.9 Å². The van der Waals surface area contributed by atoms with Crippen molar-refractivity contribution in [2.45, 2.75) is 6.17 Å². The van der Waals surface area contributed by atoms with Gasteiger partial charge in [0.2, 0.25) is 5.95 Å². The van der Waals surface area contributed by atoms with Gasteiger partial charge < -0.3 is 10.5 Å². The molecular weight excluding hydrogens is 302 g/mol. The molecule has 3 aromatic rings. The molecule has 2 aliphatic heterocycles. The van der Waals surface area contributed by atoms with E-state index in [2.05, 4.69) is 25.9 Å². The van der Waals surface area contributed by atoms with Crippen molar-refractivity contribution in [2.24, 2.45) is 10.7 Å². The van der Waals surface area contributed by atoms with Crippen molar-refractivity contribution in [1.29, 1.82) is 0 Å². The molecule has 0 saturated carbocycles. The van der Waals surface area contributed by atoms with Crippen molar-refractivity contribution in [3.05, 3.63) is 59.7 Å². The van der Waals surface area contributed by atoms with Gasteiger partial charge in [0.05, 0.1) is 11.0 Å². The van der Waals surface area contributed by atoms with Gasteiger partial charge in [-0.15, -0.1) is 0 Å². The first-order valence-electron chi connectivity index (χ1n) is 7.79. The van der Waals surface area contributed by atoms with Crippen LogP contribution >= 0.6 is 0 Å². The zero-order chi connectivity index (χ0) is 16.1. The van der Waals surface area contributed by atoms with E-state index in [1.807, 2.05) is 48.5 Å². The maximum atomic E-state index is 5.98. The first kappa shape index (κ1) is 13.2. The lowest BCUT2D eigenvalue weighted by Crippen LogP contribution is -2.32. The quantitative estimate of drug-likeness (QED) is 0.723. The van der Waals surface area contributed by atoms with Gasteiger partial charge in [-0.3, -0.25) is 9.88 Å². The minimum absolute atomic E-state index is 0.262. The maximum Gasteiger partial charge on any atom is 0.212 e. The van der Waals surface area contributed by atoms with Crippen LogP contribution in [0.25, 0.3) is 17.1 Å². The molecular formula is C18H15N5O. The molecule has 0 bridgehead atoms. The van der Waals surface area contributed by atoms with Gasteiger partial charge in [-0.25, -0.2) is 9.98 Å². The molecule has 3 heterocycles. The number of benzene rings is 2. The monoisotopic (exact) mass is 317 g/mol. The molecule has 1 atom stereocenters. The Hall–Kier alpha value is -3.28. The molecule has 3 N–H and O–H groups in total. The van der Waals surface area contributed by atoms with Crippen molar-refractivity contribution in [1.82, 2.24) is 9.55 Å². The molecule has 24 heavy (non-hydrogen) atoms. The van der Waals surface area contributed by atoms with Crippen molar-refractivity contribution >= 4 is 29.0 Å². The summed E-state index contributed by atoms with van der Waals surface area (Å²) in [6.07, 6.45) is 1.87. The number of para-hydroxylation sites is 3. The van der Waals surface area contributed by atoms with E-state index < -0.39 is 0 Å². The van der Waals surface area contributed by atoms with Crippen LogP contribution in [-0.2, 0) is 0 Å². The number of fused-ring (bicyclic) bond motifs is 4. The normalized spacial score (nSPS) is 18.8. The number of hydrogen-bond acceptors (Lipinski definition) is 5. The number of nitrogens with two attached hydrogens (primary N) is 1. The highest BCUT2D eigenvalue weighted by Gasteiger charge is 2.28. The minimum Gasteiger partial charge on any atom is -0.488 e. The molecule has 0 spiro atoms. The van der Waals surface area contributed by atoms with Crippen LogP contribution in [0.2, 0.25) is 0 Å². The third-order valence-corrected chi connectivity index (χ3v) is 4.33. The fourth-order valence-corrected chi connectivity index (χ4v) is 3.25. The topological polar surface area (TPSA) is 77.5 Å². The third-order valence-electron chi connectivity index (χ3n) is 4.33. The number of rotatable bonds is 1. The summed E-state index contributed by atoms with van der Waals surface area (Å²) in [5.74, 6) is 1.96. The predicted molar refractivity (Wildman–Crippen MR) is 93.9 cm³/mol. The Labute approximate surface area is 138 Å². The van der Waals surface area contributed by atoms with Crippen molar-refractivity contribution in [3.63, 3.8) is 0 Å². The molecule has 0 aliphatic carbocycles. The van der Waals surface area contributed by atoms with Crippen molar-refractivity contribution in [3.8, 4) is 5.75 Å². The third kappa shape index (κ3) is 1.89. The average Bonchev–Trinajstić information content (AvgIpc) is 2.98. The van der Waals surface area contributed by atoms with Crippen LogP contribution in [-0.4, -0.2) is 22.1 Å². The standard InChI is InChI=1S/C18H15N5O/c19-17-21-16(12-9-11-5-1-4-8-15(11)24-10-12)23-14-7-3-2-6-13(14)20-18(23)22-17/h1-9,16H,10H2,(H3,19,20,21,22)/t16-/m0/s1. The summed E-state index contributed by atoms with van der Waals surface area (Å²) in [6.45, 7) is 0.477. The van der Waals surface area contributed by atoms with E-state index in [1.54, 1.807) is 0 Å². The van der Waals surface area contributed by atoms with Gasteiger partial charge >= 0.3 is 0 Å². The molecule has 2 aliphatic rings. The van der Waals surface area contributed by atoms with Crippen LogP contribution in [0.1, 0.15) is 11.7 Å². The molecule has 0 fully saturated rings. The first-order chi connectivity index (χ1) is 11.8. The minimum atomic E-state index is -0.262. The number of ether oxygens (including phenoxy) is 1. The number of nitrogens with one attached hydrogen (secondary N) is 1. The number of anilines is 1. The average molecular weight is 317 g/mol. The Morgan fingerprint density at radius 1 is 1.12 bits per heavy atom. The Bertz CT molecular complexity index is 1020. The zero-order valence-corrected chi connectivity index (χ0v) is 12.8. The Kier molecular flexibility index (Phi) is 2.67. The first-order valence-corrected chi connectivity index (χ1v) is 7.79. The van der Waals surface area contributed by atoms with Crippen LogP contribution in [0.15, 0.2) is 59.1 Å². The fraction of sp³-hybridized carbons (Fsp3) is 0.111. The molecule has 0 saturated heterocycles. The van der Waals surface area contributed by atoms with Crippen LogP contribution in [0, 0.1) is 0 Å². The number of aliphatic imine (C=N–C) groups is 1. The van der Waals surface area contributed by atoms with E-state index in [0.29, 0.717) is 18.5 Å². The summed E-state index contributed by atoms with van der Waals surface area (Å²) >= 11 is 0. The molecule has 0 radical (unpaired) electrons. The highest BCUT2D eigenvalue weighted by molar-refractivity contribution is 5.94. The van der Waals surface area contributed by atoms with Gasteiger partial charge in [-0.2, -0.15) is 0 Å². The lowest BCUT2D eigenvalue weighted by molar-refractivity contribution is 0.330. The summed E-state index contributed by atoms with van der Waals surface area (Å²) in [6, 6.07) is 16.0. The highest BCUT2D eigenvalue weighted by Crippen LogP contribution is 2.36. The van der Waals surface area contributed by atoms with Gasteiger partial charge in [0.25, 0.3) is 0 Å². The lowest BCUT2D eigenvalue weighted by atomic mass is 10.1. The van der Waals surface area contributed by atoms with Gasteiger partial charge in [-0.1, -0.05) is 30.3 Å². The second kappa shape index (κ2) is 4.86. The largest absolute Gasteiger partial charge is 0.488 e. The summed E-state index contributed by atoms with van der Waals surface area (Å²) in [5.41, 5.74) is 10.0. The second-order valence-corrected chi connectivity index (χ2v) is 5.85. The molecule has 5 rings (SSSR count). The number of hydrogen-bond donors (Lipinski definition) is 2. The van der Waals surface area contributed by atoms with Crippen LogP contribution < -0.4 is 15.8 Å². The summed E-state index contributed by atoms with van der Waals surface area (Å²) in [5, 5.41) is 3.05. The van der Waals surface area contributed by atoms with Gasteiger partial charge in [0, 0.05) is 11.1 Å². The zero-order valence-electron chi connectivity index (χ0n) is 12.8. The van der Waals surface area contributed by atoms with E-state index >= 15 is 0 Å². The van der Waals surface area contributed by atoms with E-state index in [4.69, 9.17) is 10.5 Å². The second-order valence-electron chi connectivity index (χ2n) is 5.85. The van der Waals surface area contributed by atoms with Gasteiger partial charge in [-0.05, 0) is 24.3 Å². The van der Waals surface area contributed by atoms with Crippen LogP contribution in [0.5, 0.6) is 5.75 Å². The summed E-state index contributed by atoms with van der Waals surface area (Å²) in [7, 11) is 0. The van der Waals surface area contributed by atoms with Crippen LogP contribution in [0.4, 0.5) is 5.95 Å². The molecule has 2 aromatic carbocycles. The molecule has 0 unspecified atom stereocenters. The summed E-state index contributed by atoms with van der Waals surface area (Å²) in [4.78, 5) is 9.22. The molecule has 6 heteroatoms. The highest BCUT2D eigenvalue weighted by atomic mass is 16.5. The number of guanidine groups is 1. The molecule has 1 aromatic heterocycles. The number of nitrogens with zero attached hydrogens (tertiary/aromatic N) is 3. The number of imidazole rings is 1. The molecule has 6 nitrogen and oxygen atoms in total. The summed E-state index contributed by atoms with van der Waals surface area (Å²) < 4.78 is 7.96. The van der Waals surface area contributed by atoms with Crippen molar-refractivity contribution < 1.29 is 4.74 Å². The molecule has 0 amide bonds. The predicted octanol–water partition coefficient (Wildman–Crippen LogP) is 2.75. The van der Waals surface area contributed by atoms with Gasteiger partial charge in [0.1, 0.15) is 12.4 Å². The SMILES string of the molecule is NC1=N[C@H](C2=Cc3ccccc3OC2)n2c(nc3ccccc32)N1. The Morgan fingerprint density at radius 2 is 1.96 bits per heavy atom. The van der Waals surface area contributed by atoms with E-state index in [9.17, 15) is 0 Å². The fourth-order valence-electron chi connectivity index (χ4n) is 3.25. The van der Waals surface area contributed by atoms with E-state index in [-0.39, 0.29) is 6.17 Å². The Balaban J connectivity index is 1.69. The smallest absolute Gasteiger partial charge is 0.212 e. The van der Waals surface area contributed by atoms with Crippen molar-refractivity contribution in [2.75, 3.05) is 11.9 Å². The molecule has 118 valence electrons. The van der Waals surface area contributed by atoms with E-state index in [1.165, 1.54) is 0 Å². The van der Waals surface area contributed by atoms with Crippen LogP contribution in [0.3, 0.4) is 0 Å². The number of aromatic nitrogens is 2. The Morgan fingerprint density at radius 3 is 2.92 bits per heavy atom. The lowest BCUT2D eigenvalue weighted by Gasteiger charge is -2.28.